The Morgan fingerprint density at radius 2 is 2.20 bits per heavy atom. The summed E-state index contributed by atoms with van der Waals surface area (Å²) in [4.78, 5) is 0. The van der Waals surface area contributed by atoms with E-state index in [-0.39, 0.29) is 0 Å². The molecule has 1 aromatic heterocycles. The van der Waals surface area contributed by atoms with E-state index in [0.29, 0.717) is 5.15 Å². The first kappa shape index (κ1) is 7.54. The van der Waals surface area contributed by atoms with Crippen LogP contribution in [0.15, 0.2) is 0 Å². The van der Waals surface area contributed by atoms with Crippen molar-refractivity contribution in [2.24, 2.45) is 0 Å². The summed E-state index contributed by atoms with van der Waals surface area (Å²) in [6, 6.07) is 0. The van der Waals surface area contributed by atoms with Gasteiger partial charge in [0.2, 0.25) is 0 Å². The molecule has 0 aliphatic rings. The molecular formula is C6H10ClN3. The van der Waals surface area contributed by atoms with E-state index in [4.69, 9.17) is 11.6 Å². The molecule has 1 aromatic rings. The van der Waals surface area contributed by atoms with Crippen molar-refractivity contribution in [3.8, 4) is 0 Å². The van der Waals surface area contributed by atoms with Gasteiger partial charge in [-0.15, -0.1) is 5.10 Å². The van der Waals surface area contributed by atoms with Crippen LogP contribution in [0.5, 0.6) is 0 Å². The number of hydrogen-bond donors (Lipinski definition) is 0. The van der Waals surface area contributed by atoms with Crippen LogP contribution in [0, 0.1) is 0 Å². The molecule has 0 saturated heterocycles. The minimum absolute atomic E-state index is 0.532. The lowest BCUT2D eigenvalue weighted by atomic mass is 10.4. The van der Waals surface area contributed by atoms with Gasteiger partial charge in [-0.25, -0.2) is 4.68 Å². The summed E-state index contributed by atoms with van der Waals surface area (Å²) < 4.78 is 1.81. The van der Waals surface area contributed by atoms with Gasteiger partial charge < -0.3 is 0 Å². The van der Waals surface area contributed by atoms with E-state index in [9.17, 15) is 0 Å². The van der Waals surface area contributed by atoms with Crippen molar-refractivity contribution in [2.45, 2.75) is 26.8 Å². The molecule has 0 unspecified atom stereocenters. The lowest BCUT2D eigenvalue weighted by Gasteiger charge is -1.97. The summed E-state index contributed by atoms with van der Waals surface area (Å²) >= 11 is 5.73. The van der Waals surface area contributed by atoms with Gasteiger partial charge in [0, 0.05) is 6.54 Å². The van der Waals surface area contributed by atoms with Crippen molar-refractivity contribution >= 4 is 11.6 Å². The van der Waals surface area contributed by atoms with Crippen molar-refractivity contribution in [1.29, 1.82) is 0 Å². The van der Waals surface area contributed by atoms with E-state index < -0.39 is 0 Å². The van der Waals surface area contributed by atoms with Gasteiger partial charge in [0.15, 0.2) is 5.15 Å². The molecule has 1 heterocycles. The first-order valence-corrected chi connectivity index (χ1v) is 3.75. The summed E-state index contributed by atoms with van der Waals surface area (Å²) in [7, 11) is 0. The van der Waals surface area contributed by atoms with Gasteiger partial charge in [0.1, 0.15) is 0 Å². The molecule has 0 amide bonds. The molecule has 0 bridgehead atoms. The Bertz CT molecular complexity index is 219. The summed E-state index contributed by atoms with van der Waals surface area (Å²) in [5.41, 5.74) is 1.02. The third-order valence-electron chi connectivity index (χ3n) is 1.42. The van der Waals surface area contributed by atoms with Gasteiger partial charge in [-0.3, -0.25) is 0 Å². The van der Waals surface area contributed by atoms with Crippen LogP contribution in [0.4, 0.5) is 0 Å². The Labute approximate surface area is 65.0 Å². The molecule has 10 heavy (non-hydrogen) atoms. The Morgan fingerprint density at radius 3 is 2.60 bits per heavy atom. The predicted molar refractivity (Wildman–Crippen MR) is 40.1 cm³/mol. The maximum Gasteiger partial charge on any atom is 0.174 e. The molecule has 0 fully saturated rings. The summed E-state index contributed by atoms with van der Waals surface area (Å²) in [5, 5.41) is 8.11. The van der Waals surface area contributed by atoms with Crippen molar-refractivity contribution in [3.05, 3.63) is 10.8 Å². The fourth-order valence-corrected chi connectivity index (χ4v) is 1.16. The average molecular weight is 160 g/mol. The molecule has 0 radical (unpaired) electrons. The first-order valence-electron chi connectivity index (χ1n) is 3.37. The lowest BCUT2D eigenvalue weighted by molar-refractivity contribution is 0.601. The second-order valence-corrected chi connectivity index (χ2v) is 2.35. The molecule has 0 aliphatic heterocycles. The van der Waals surface area contributed by atoms with E-state index in [1.165, 1.54) is 0 Å². The minimum Gasteiger partial charge on any atom is -0.248 e. The van der Waals surface area contributed by atoms with Gasteiger partial charge in [0.25, 0.3) is 0 Å². The van der Waals surface area contributed by atoms with E-state index in [1.54, 1.807) is 0 Å². The number of aryl methyl sites for hydroxylation is 1. The standard InChI is InChI=1S/C6H10ClN3/c1-3-5-6(7)8-9-10(5)4-2/h3-4H2,1-2H3. The fraction of sp³-hybridized carbons (Fsp3) is 0.667. The number of hydrogen-bond acceptors (Lipinski definition) is 2. The largest absolute Gasteiger partial charge is 0.248 e. The molecule has 0 aliphatic carbocycles. The van der Waals surface area contributed by atoms with Crippen LogP contribution in [0.25, 0.3) is 0 Å². The zero-order chi connectivity index (χ0) is 7.56. The van der Waals surface area contributed by atoms with Crippen molar-refractivity contribution in [2.75, 3.05) is 0 Å². The maximum atomic E-state index is 5.73. The van der Waals surface area contributed by atoms with Gasteiger partial charge in [-0.05, 0) is 13.3 Å². The fourth-order valence-electron chi connectivity index (χ4n) is 0.894. The monoisotopic (exact) mass is 159 g/mol. The van der Waals surface area contributed by atoms with Crippen molar-refractivity contribution in [3.63, 3.8) is 0 Å². The third kappa shape index (κ3) is 1.14. The Balaban J connectivity index is 3.01. The highest BCUT2D eigenvalue weighted by Gasteiger charge is 2.05. The molecular weight excluding hydrogens is 150 g/mol. The van der Waals surface area contributed by atoms with Crippen molar-refractivity contribution in [1.82, 2.24) is 15.0 Å². The van der Waals surface area contributed by atoms with E-state index in [1.807, 2.05) is 18.5 Å². The molecule has 3 nitrogen and oxygen atoms in total. The Hall–Kier alpha value is -0.570. The molecule has 0 aromatic carbocycles. The molecule has 56 valence electrons. The highest BCUT2D eigenvalue weighted by molar-refractivity contribution is 6.29. The number of halogens is 1. The van der Waals surface area contributed by atoms with Crippen LogP contribution in [-0.4, -0.2) is 15.0 Å². The first-order chi connectivity index (χ1) is 4.79. The molecule has 0 spiro atoms. The smallest absolute Gasteiger partial charge is 0.174 e. The Morgan fingerprint density at radius 1 is 1.50 bits per heavy atom. The molecule has 4 heteroatoms. The number of aromatic nitrogens is 3. The Kier molecular flexibility index (Phi) is 2.27. The normalized spacial score (nSPS) is 10.3. The van der Waals surface area contributed by atoms with Crippen LogP contribution in [-0.2, 0) is 13.0 Å². The zero-order valence-corrected chi connectivity index (χ0v) is 6.89. The van der Waals surface area contributed by atoms with Gasteiger partial charge >= 0.3 is 0 Å². The summed E-state index contributed by atoms with van der Waals surface area (Å²) in [6.45, 7) is 4.89. The molecule has 0 N–H and O–H groups in total. The second-order valence-electron chi connectivity index (χ2n) is 2.00. The number of nitrogens with zero attached hydrogens (tertiary/aromatic N) is 3. The van der Waals surface area contributed by atoms with Gasteiger partial charge in [-0.1, -0.05) is 23.7 Å². The molecule has 0 atom stereocenters. The highest BCUT2D eigenvalue weighted by Crippen LogP contribution is 2.11. The molecule has 1 rings (SSSR count). The van der Waals surface area contributed by atoms with Crippen LogP contribution in [0.1, 0.15) is 19.5 Å². The quantitative estimate of drug-likeness (QED) is 0.655. The predicted octanol–water partition coefficient (Wildman–Crippen LogP) is 1.51. The van der Waals surface area contributed by atoms with E-state index in [0.717, 1.165) is 18.7 Å². The SMILES string of the molecule is CCc1c(Cl)nnn1CC. The van der Waals surface area contributed by atoms with Gasteiger partial charge in [-0.2, -0.15) is 0 Å². The van der Waals surface area contributed by atoms with E-state index in [2.05, 4.69) is 10.3 Å². The zero-order valence-electron chi connectivity index (χ0n) is 6.13. The average Bonchev–Trinajstić information content (AvgIpc) is 2.30. The summed E-state index contributed by atoms with van der Waals surface area (Å²) in [6.07, 6.45) is 0.889. The number of rotatable bonds is 2. The van der Waals surface area contributed by atoms with Gasteiger partial charge in [0.05, 0.1) is 5.69 Å². The third-order valence-corrected chi connectivity index (χ3v) is 1.72. The van der Waals surface area contributed by atoms with Crippen LogP contribution < -0.4 is 0 Å². The van der Waals surface area contributed by atoms with Crippen LogP contribution in [0.2, 0.25) is 5.15 Å². The van der Waals surface area contributed by atoms with Crippen molar-refractivity contribution < 1.29 is 0 Å². The lowest BCUT2D eigenvalue weighted by Crippen LogP contribution is -2.01. The molecule has 0 saturated carbocycles. The maximum absolute atomic E-state index is 5.73. The minimum atomic E-state index is 0.532. The van der Waals surface area contributed by atoms with Crippen LogP contribution in [0.3, 0.4) is 0 Å². The van der Waals surface area contributed by atoms with E-state index >= 15 is 0 Å². The summed E-state index contributed by atoms with van der Waals surface area (Å²) in [5.74, 6) is 0. The highest BCUT2D eigenvalue weighted by atomic mass is 35.5. The second kappa shape index (κ2) is 3.01. The topological polar surface area (TPSA) is 30.7 Å². The van der Waals surface area contributed by atoms with Crippen LogP contribution >= 0.6 is 11.6 Å².